The molecule has 0 aromatic carbocycles. The van der Waals surface area contributed by atoms with E-state index in [0.717, 1.165) is 38.5 Å². The van der Waals surface area contributed by atoms with Crippen molar-refractivity contribution in [1.29, 1.82) is 0 Å². The topological polar surface area (TPSA) is 55.1 Å². The Morgan fingerprint density at radius 2 is 1.76 bits per heavy atom. The number of nitrogens with two attached hydrogens (primary N) is 1. The van der Waals surface area contributed by atoms with Gasteiger partial charge in [-0.1, -0.05) is 39.4 Å². The lowest BCUT2D eigenvalue weighted by Crippen LogP contribution is -2.59. The van der Waals surface area contributed by atoms with Crippen molar-refractivity contribution in [3.8, 4) is 0 Å². The second-order valence-electron chi connectivity index (χ2n) is 5.10. The summed E-state index contributed by atoms with van der Waals surface area (Å²) < 4.78 is 0. The van der Waals surface area contributed by atoms with Gasteiger partial charge in [-0.15, -0.1) is 0 Å². The summed E-state index contributed by atoms with van der Waals surface area (Å²) >= 11 is 5.07. The summed E-state index contributed by atoms with van der Waals surface area (Å²) in [5.74, 6) is 0.0433. The number of rotatable bonds is 6. The molecule has 1 aliphatic rings. The van der Waals surface area contributed by atoms with Crippen molar-refractivity contribution in [1.82, 2.24) is 5.32 Å². The lowest BCUT2D eigenvalue weighted by molar-refractivity contribution is -0.133. The molecule has 0 aliphatic heterocycles. The molecule has 1 amide bonds. The van der Waals surface area contributed by atoms with Crippen molar-refractivity contribution in [2.75, 3.05) is 0 Å². The number of amides is 1. The third-order valence-electron chi connectivity index (χ3n) is 4.52. The van der Waals surface area contributed by atoms with E-state index in [0.29, 0.717) is 4.99 Å². The molecule has 0 aromatic heterocycles. The number of thiocarbonyl (C=S) groups is 1. The molecule has 3 nitrogen and oxygen atoms in total. The molecule has 3 N–H and O–H groups in total. The van der Waals surface area contributed by atoms with Crippen molar-refractivity contribution in [3.63, 3.8) is 0 Å². The van der Waals surface area contributed by atoms with Crippen LogP contribution in [0.1, 0.15) is 59.3 Å². The van der Waals surface area contributed by atoms with Gasteiger partial charge in [-0.2, -0.15) is 0 Å². The van der Waals surface area contributed by atoms with E-state index in [4.69, 9.17) is 18.0 Å². The molecule has 0 saturated heterocycles. The highest BCUT2D eigenvalue weighted by Crippen LogP contribution is 2.42. The molecule has 1 saturated carbocycles. The molecule has 0 aromatic rings. The first-order valence-electron chi connectivity index (χ1n) is 6.59. The summed E-state index contributed by atoms with van der Waals surface area (Å²) in [5, 5.41) is 3.20. The van der Waals surface area contributed by atoms with Crippen LogP contribution in [0.2, 0.25) is 0 Å². The van der Waals surface area contributed by atoms with Gasteiger partial charge in [0.1, 0.15) is 0 Å². The highest BCUT2D eigenvalue weighted by atomic mass is 32.1. The molecule has 0 bridgehead atoms. The predicted octanol–water partition coefficient (Wildman–Crippen LogP) is 2.53. The molecule has 1 aliphatic carbocycles. The van der Waals surface area contributed by atoms with Gasteiger partial charge in [-0.25, -0.2) is 0 Å². The monoisotopic (exact) mass is 256 g/mol. The Morgan fingerprint density at radius 1 is 1.29 bits per heavy atom. The van der Waals surface area contributed by atoms with Crippen LogP contribution in [-0.2, 0) is 4.79 Å². The predicted molar refractivity (Wildman–Crippen MR) is 74.8 cm³/mol. The van der Waals surface area contributed by atoms with E-state index in [1.165, 1.54) is 0 Å². The molecular formula is C13H24N2OS. The standard InChI is InChI=1S/C13H24N2OS/c1-4-12(5-2,6-3)15-11(16)13(10(14)17)8-7-9-13/h4-9H2,1-3H3,(H2,14,17)(H,15,16). The van der Waals surface area contributed by atoms with Crippen LogP contribution in [0.15, 0.2) is 0 Å². The Hall–Kier alpha value is -0.640. The summed E-state index contributed by atoms with van der Waals surface area (Å²) in [6.07, 6.45) is 5.49. The van der Waals surface area contributed by atoms with Crippen LogP contribution in [0.5, 0.6) is 0 Å². The summed E-state index contributed by atoms with van der Waals surface area (Å²) in [6.45, 7) is 6.34. The SMILES string of the molecule is CCC(CC)(CC)NC(=O)C1(C(N)=S)CCC1. The maximum Gasteiger partial charge on any atom is 0.233 e. The molecule has 0 heterocycles. The first-order valence-corrected chi connectivity index (χ1v) is 6.99. The van der Waals surface area contributed by atoms with Crippen LogP contribution < -0.4 is 11.1 Å². The first kappa shape index (κ1) is 14.4. The van der Waals surface area contributed by atoms with Gasteiger partial charge < -0.3 is 11.1 Å². The molecule has 1 rings (SSSR count). The van der Waals surface area contributed by atoms with Crippen LogP contribution in [0.3, 0.4) is 0 Å². The fraction of sp³-hybridized carbons (Fsp3) is 0.846. The van der Waals surface area contributed by atoms with Gasteiger partial charge in [-0.05, 0) is 32.1 Å². The van der Waals surface area contributed by atoms with E-state index in [1.807, 2.05) is 0 Å². The highest BCUT2D eigenvalue weighted by Gasteiger charge is 2.48. The third-order valence-corrected chi connectivity index (χ3v) is 4.91. The Bertz CT molecular complexity index is 298. The maximum absolute atomic E-state index is 12.4. The van der Waals surface area contributed by atoms with E-state index in [1.54, 1.807) is 0 Å². The molecule has 0 unspecified atom stereocenters. The zero-order valence-corrected chi connectivity index (χ0v) is 12.0. The molecular weight excluding hydrogens is 232 g/mol. The Labute approximate surface area is 110 Å². The minimum atomic E-state index is -0.555. The van der Waals surface area contributed by atoms with Crippen molar-refractivity contribution in [2.45, 2.75) is 64.8 Å². The van der Waals surface area contributed by atoms with Crippen molar-refractivity contribution in [3.05, 3.63) is 0 Å². The normalized spacial score (nSPS) is 18.3. The zero-order chi connectivity index (χ0) is 13.1. The van der Waals surface area contributed by atoms with Crippen LogP contribution >= 0.6 is 12.2 Å². The summed E-state index contributed by atoms with van der Waals surface area (Å²) in [6, 6.07) is 0. The lowest BCUT2D eigenvalue weighted by Gasteiger charge is -2.43. The molecule has 0 atom stereocenters. The average Bonchev–Trinajstić information content (AvgIpc) is 2.24. The van der Waals surface area contributed by atoms with Gasteiger partial charge in [0, 0.05) is 5.54 Å². The van der Waals surface area contributed by atoms with E-state index in [-0.39, 0.29) is 11.4 Å². The fourth-order valence-corrected chi connectivity index (χ4v) is 2.79. The van der Waals surface area contributed by atoms with E-state index in [2.05, 4.69) is 26.1 Å². The Balaban J connectivity index is 2.80. The van der Waals surface area contributed by atoms with Crippen LogP contribution in [0, 0.1) is 5.41 Å². The van der Waals surface area contributed by atoms with Crippen molar-refractivity contribution in [2.24, 2.45) is 11.1 Å². The number of nitrogens with one attached hydrogen (secondary N) is 1. The van der Waals surface area contributed by atoms with E-state index in [9.17, 15) is 4.79 Å². The molecule has 4 heteroatoms. The van der Waals surface area contributed by atoms with Crippen molar-refractivity contribution < 1.29 is 4.79 Å². The molecule has 0 spiro atoms. The fourth-order valence-electron chi connectivity index (χ4n) is 2.49. The number of hydrogen-bond acceptors (Lipinski definition) is 2. The van der Waals surface area contributed by atoms with Gasteiger partial charge in [0.15, 0.2) is 0 Å². The highest BCUT2D eigenvalue weighted by molar-refractivity contribution is 7.80. The molecule has 98 valence electrons. The largest absolute Gasteiger partial charge is 0.392 e. The Morgan fingerprint density at radius 3 is 2.00 bits per heavy atom. The van der Waals surface area contributed by atoms with E-state index >= 15 is 0 Å². The van der Waals surface area contributed by atoms with Crippen LogP contribution in [0.4, 0.5) is 0 Å². The van der Waals surface area contributed by atoms with Crippen molar-refractivity contribution >= 4 is 23.1 Å². The molecule has 0 radical (unpaired) electrons. The average molecular weight is 256 g/mol. The summed E-state index contributed by atoms with van der Waals surface area (Å²) in [5.41, 5.74) is 5.10. The maximum atomic E-state index is 12.4. The minimum Gasteiger partial charge on any atom is -0.392 e. The second kappa shape index (κ2) is 5.34. The Kier molecular flexibility index (Phi) is 4.53. The first-order chi connectivity index (χ1) is 7.96. The van der Waals surface area contributed by atoms with Gasteiger partial charge in [0.25, 0.3) is 0 Å². The zero-order valence-electron chi connectivity index (χ0n) is 11.1. The third kappa shape index (κ3) is 2.46. The van der Waals surface area contributed by atoms with Crippen LogP contribution in [-0.4, -0.2) is 16.4 Å². The quantitative estimate of drug-likeness (QED) is 0.718. The molecule has 17 heavy (non-hydrogen) atoms. The van der Waals surface area contributed by atoms with E-state index < -0.39 is 5.41 Å². The summed E-state index contributed by atoms with van der Waals surface area (Å²) in [4.78, 5) is 12.8. The number of carbonyl (C=O) groups is 1. The van der Waals surface area contributed by atoms with Gasteiger partial charge in [-0.3, -0.25) is 4.79 Å². The van der Waals surface area contributed by atoms with Gasteiger partial charge >= 0.3 is 0 Å². The van der Waals surface area contributed by atoms with Gasteiger partial charge in [0.2, 0.25) is 5.91 Å². The van der Waals surface area contributed by atoms with Gasteiger partial charge in [0.05, 0.1) is 10.4 Å². The lowest BCUT2D eigenvalue weighted by atomic mass is 9.67. The second-order valence-corrected chi connectivity index (χ2v) is 5.53. The smallest absolute Gasteiger partial charge is 0.233 e. The van der Waals surface area contributed by atoms with Crippen LogP contribution in [0.25, 0.3) is 0 Å². The number of carbonyl (C=O) groups excluding carboxylic acids is 1. The summed E-state index contributed by atoms with van der Waals surface area (Å²) in [7, 11) is 0. The molecule has 1 fully saturated rings. The number of hydrogen-bond donors (Lipinski definition) is 2. The minimum absolute atomic E-state index is 0.0433.